The van der Waals surface area contributed by atoms with Gasteiger partial charge in [-0.1, -0.05) is 41.9 Å². The molecule has 0 radical (unpaired) electrons. The van der Waals surface area contributed by atoms with Crippen molar-refractivity contribution >= 4 is 28.9 Å². The molecule has 0 aliphatic carbocycles. The molecule has 3 rings (SSSR count). The van der Waals surface area contributed by atoms with Gasteiger partial charge in [-0.3, -0.25) is 9.78 Å². The number of para-hydroxylation sites is 1. The number of hydrogen-bond donors (Lipinski definition) is 1. The second kappa shape index (κ2) is 9.19. The monoisotopic (exact) mass is 379 g/mol. The number of rotatable bonds is 7. The molecule has 0 aliphatic rings. The Morgan fingerprint density at radius 3 is 2.48 bits per heavy atom. The van der Waals surface area contributed by atoms with Crippen LogP contribution in [0.25, 0.3) is 0 Å². The van der Waals surface area contributed by atoms with Gasteiger partial charge < -0.3 is 10.2 Å². The molecule has 0 aliphatic heterocycles. The van der Waals surface area contributed by atoms with Crippen LogP contribution in [0, 0.1) is 0 Å². The number of nitrogens with one attached hydrogen (secondary N) is 1. The first-order valence-electron chi connectivity index (χ1n) is 8.97. The van der Waals surface area contributed by atoms with Gasteiger partial charge in [-0.05, 0) is 49.2 Å². The molecule has 0 saturated heterocycles. The topological polar surface area (TPSA) is 45.2 Å². The Labute approximate surface area is 164 Å². The van der Waals surface area contributed by atoms with Gasteiger partial charge in [0.25, 0.3) is 5.91 Å². The zero-order chi connectivity index (χ0) is 19.1. The summed E-state index contributed by atoms with van der Waals surface area (Å²) in [5, 5.41) is 3.67. The number of anilines is 2. The number of benzene rings is 2. The van der Waals surface area contributed by atoms with E-state index >= 15 is 0 Å². The standard InChI is InChI=1S/C22H22ClN3O/c1-2-26(20-6-4-3-5-7-20)21-14-18(15-24-16-21)22(27)25-13-12-17-8-10-19(23)11-9-17/h3-11,14-16H,2,12-13H2,1H3,(H,25,27). The Balaban J connectivity index is 1.65. The van der Waals surface area contributed by atoms with Crippen LogP contribution in [-0.4, -0.2) is 24.0 Å². The van der Waals surface area contributed by atoms with Crippen molar-refractivity contribution < 1.29 is 4.79 Å². The van der Waals surface area contributed by atoms with Gasteiger partial charge in [0.05, 0.1) is 17.4 Å². The summed E-state index contributed by atoms with van der Waals surface area (Å²) in [4.78, 5) is 18.9. The molecular weight excluding hydrogens is 358 g/mol. The fourth-order valence-electron chi connectivity index (χ4n) is 2.90. The van der Waals surface area contributed by atoms with Crippen molar-refractivity contribution in [3.05, 3.63) is 89.2 Å². The first-order chi connectivity index (χ1) is 13.2. The van der Waals surface area contributed by atoms with Crippen LogP contribution < -0.4 is 10.2 Å². The Hall–Kier alpha value is -2.85. The van der Waals surface area contributed by atoms with Crippen LogP contribution in [0.15, 0.2) is 73.1 Å². The fraction of sp³-hybridized carbons (Fsp3) is 0.182. The molecule has 2 aromatic carbocycles. The molecule has 0 fully saturated rings. The van der Waals surface area contributed by atoms with Gasteiger partial charge >= 0.3 is 0 Å². The van der Waals surface area contributed by atoms with E-state index in [1.54, 1.807) is 12.4 Å². The van der Waals surface area contributed by atoms with E-state index in [0.29, 0.717) is 17.1 Å². The maximum absolute atomic E-state index is 12.5. The Morgan fingerprint density at radius 1 is 1.04 bits per heavy atom. The van der Waals surface area contributed by atoms with Gasteiger partial charge in [0.2, 0.25) is 0 Å². The van der Waals surface area contributed by atoms with E-state index in [4.69, 9.17) is 11.6 Å². The summed E-state index contributed by atoms with van der Waals surface area (Å²) in [6.45, 7) is 3.42. The fourth-order valence-corrected chi connectivity index (χ4v) is 3.02. The van der Waals surface area contributed by atoms with Crippen molar-refractivity contribution in [3.63, 3.8) is 0 Å². The highest BCUT2D eigenvalue weighted by Gasteiger charge is 2.11. The number of amides is 1. The molecule has 27 heavy (non-hydrogen) atoms. The van der Waals surface area contributed by atoms with Crippen LogP contribution >= 0.6 is 11.6 Å². The normalized spacial score (nSPS) is 10.4. The van der Waals surface area contributed by atoms with Gasteiger partial charge in [-0.25, -0.2) is 0 Å². The van der Waals surface area contributed by atoms with Crippen LogP contribution in [0.3, 0.4) is 0 Å². The van der Waals surface area contributed by atoms with Crippen LogP contribution in [0.1, 0.15) is 22.8 Å². The van der Waals surface area contributed by atoms with Crippen LogP contribution in [-0.2, 0) is 6.42 Å². The number of carbonyl (C=O) groups excluding carboxylic acids is 1. The van der Waals surface area contributed by atoms with Gasteiger partial charge in [0.15, 0.2) is 0 Å². The molecule has 138 valence electrons. The molecule has 0 spiro atoms. The smallest absolute Gasteiger partial charge is 0.252 e. The second-order valence-electron chi connectivity index (χ2n) is 6.14. The predicted octanol–water partition coefficient (Wildman–Crippen LogP) is 4.87. The largest absolute Gasteiger partial charge is 0.352 e. The first kappa shape index (κ1) is 18.9. The summed E-state index contributed by atoms with van der Waals surface area (Å²) in [7, 11) is 0. The number of aromatic nitrogens is 1. The van der Waals surface area contributed by atoms with E-state index in [0.717, 1.165) is 29.9 Å². The van der Waals surface area contributed by atoms with Crippen LogP contribution in [0.5, 0.6) is 0 Å². The Bertz CT molecular complexity index is 882. The van der Waals surface area contributed by atoms with E-state index in [1.165, 1.54) is 0 Å². The highest BCUT2D eigenvalue weighted by atomic mass is 35.5. The average molecular weight is 380 g/mol. The van der Waals surface area contributed by atoms with E-state index in [-0.39, 0.29) is 5.91 Å². The van der Waals surface area contributed by atoms with Crippen molar-refractivity contribution in [2.75, 3.05) is 18.0 Å². The van der Waals surface area contributed by atoms with Crippen molar-refractivity contribution in [2.45, 2.75) is 13.3 Å². The molecule has 1 heterocycles. The number of nitrogens with zero attached hydrogens (tertiary/aromatic N) is 2. The van der Waals surface area contributed by atoms with Crippen molar-refractivity contribution in [2.24, 2.45) is 0 Å². The molecule has 1 amide bonds. The molecule has 5 heteroatoms. The molecule has 1 N–H and O–H groups in total. The van der Waals surface area contributed by atoms with Gasteiger partial charge in [0.1, 0.15) is 0 Å². The minimum atomic E-state index is -0.123. The van der Waals surface area contributed by atoms with Crippen molar-refractivity contribution in [3.8, 4) is 0 Å². The third-order valence-electron chi connectivity index (χ3n) is 4.29. The Kier molecular flexibility index (Phi) is 6.44. The molecular formula is C22H22ClN3O. The molecule has 3 aromatic rings. The average Bonchev–Trinajstić information content (AvgIpc) is 2.71. The lowest BCUT2D eigenvalue weighted by molar-refractivity contribution is 0.0954. The van der Waals surface area contributed by atoms with E-state index < -0.39 is 0 Å². The molecule has 0 saturated carbocycles. The Morgan fingerprint density at radius 2 is 1.78 bits per heavy atom. The summed E-state index contributed by atoms with van der Waals surface area (Å²) < 4.78 is 0. The van der Waals surface area contributed by atoms with Crippen molar-refractivity contribution in [1.82, 2.24) is 10.3 Å². The van der Waals surface area contributed by atoms with Gasteiger partial charge in [-0.2, -0.15) is 0 Å². The molecule has 4 nitrogen and oxygen atoms in total. The number of hydrogen-bond acceptors (Lipinski definition) is 3. The summed E-state index contributed by atoms with van der Waals surface area (Å²) in [6, 6.07) is 19.6. The maximum Gasteiger partial charge on any atom is 0.252 e. The quantitative estimate of drug-likeness (QED) is 0.637. The van der Waals surface area contributed by atoms with E-state index in [2.05, 4.69) is 22.1 Å². The lowest BCUT2D eigenvalue weighted by Gasteiger charge is -2.23. The third kappa shape index (κ3) is 5.08. The van der Waals surface area contributed by atoms with Gasteiger partial charge in [-0.15, -0.1) is 0 Å². The lowest BCUT2D eigenvalue weighted by atomic mass is 10.1. The highest BCUT2D eigenvalue weighted by Crippen LogP contribution is 2.24. The SMILES string of the molecule is CCN(c1ccccc1)c1cncc(C(=O)NCCc2ccc(Cl)cc2)c1. The zero-order valence-electron chi connectivity index (χ0n) is 15.2. The minimum absolute atomic E-state index is 0.123. The van der Waals surface area contributed by atoms with E-state index in [1.807, 2.05) is 60.7 Å². The lowest BCUT2D eigenvalue weighted by Crippen LogP contribution is -2.26. The molecule has 0 unspecified atom stereocenters. The van der Waals surface area contributed by atoms with Gasteiger partial charge in [0, 0.05) is 30.0 Å². The maximum atomic E-state index is 12.5. The summed E-state index contributed by atoms with van der Waals surface area (Å²) in [6.07, 6.45) is 4.13. The summed E-state index contributed by atoms with van der Waals surface area (Å²) >= 11 is 5.89. The third-order valence-corrected chi connectivity index (χ3v) is 4.55. The minimum Gasteiger partial charge on any atom is -0.352 e. The highest BCUT2D eigenvalue weighted by molar-refractivity contribution is 6.30. The molecule has 0 bridgehead atoms. The first-order valence-corrected chi connectivity index (χ1v) is 9.35. The summed E-state index contributed by atoms with van der Waals surface area (Å²) in [5.74, 6) is -0.123. The number of carbonyl (C=O) groups is 1. The van der Waals surface area contributed by atoms with E-state index in [9.17, 15) is 4.79 Å². The summed E-state index contributed by atoms with van der Waals surface area (Å²) in [5.41, 5.74) is 3.65. The zero-order valence-corrected chi connectivity index (χ0v) is 16.0. The second-order valence-corrected chi connectivity index (χ2v) is 6.58. The number of pyridine rings is 1. The molecule has 0 atom stereocenters. The van der Waals surface area contributed by atoms with Crippen LogP contribution in [0.4, 0.5) is 11.4 Å². The van der Waals surface area contributed by atoms with Crippen LogP contribution in [0.2, 0.25) is 5.02 Å². The predicted molar refractivity (Wildman–Crippen MR) is 111 cm³/mol. The number of halogens is 1. The van der Waals surface area contributed by atoms with Crippen molar-refractivity contribution in [1.29, 1.82) is 0 Å². The molecule has 1 aromatic heterocycles.